The molecule has 7 nitrogen and oxygen atoms in total. The molecule has 2 aliphatic rings. The van der Waals surface area contributed by atoms with E-state index in [0.29, 0.717) is 11.7 Å². The Bertz CT molecular complexity index is 1070. The first-order valence-corrected chi connectivity index (χ1v) is 11.2. The summed E-state index contributed by atoms with van der Waals surface area (Å²) in [6.45, 7) is 2.19. The molecule has 8 heteroatoms. The van der Waals surface area contributed by atoms with Crippen LogP contribution in [-0.2, 0) is 9.84 Å². The van der Waals surface area contributed by atoms with Gasteiger partial charge in [0, 0.05) is 12.1 Å². The van der Waals surface area contributed by atoms with E-state index in [1.165, 1.54) is 0 Å². The lowest BCUT2D eigenvalue weighted by molar-refractivity contribution is 0.447. The van der Waals surface area contributed by atoms with Gasteiger partial charge in [-0.1, -0.05) is 13.3 Å². The second-order valence-electron chi connectivity index (χ2n) is 7.86. The molecule has 2 saturated carbocycles. The first-order chi connectivity index (χ1) is 12.6. The second kappa shape index (κ2) is 5.77. The summed E-state index contributed by atoms with van der Waals surface area (Å²) in [5, 5.41) is 8.74. The lowest BCUT2D eigenvalue weighted by atomic mass is 9.93. The highest BCUT2D eigenvalue weighted by Crippen LogP contribution is 2.46. The molecular formula is C18H23N5O2S. The Labute approximate surface area is 152 Å². The molecule has 2 fully saturated rings. The summed E-state index contributed by atoms with van der Waals surface area (Å²) in [5.41, 5.74) is 2.54. The Balaban J connectivity index is 1.50. The van der Waals surface area contributed by atoms with Crippen LogP contribution in [0.1, 0.15) is 50.8 Å². The molecule has 0 bridgehead atoms. The van der Waals surface area contributed by atoms with E-state index >= 15 is 0 Å². The third kappa shape index (κ3) is 2.53. The van der Waals surface area contributed by atoms with Crippen LogP contribution in [0.15, 0.2) is 18.5 Å². The molecule has 3 aromatic rings. The van der Waals surface area contributed by atoms with Gasteiger partial charge in [-0.15, -0.1) is 10.2 Å². The third-order valence-electron chi connectivity index (χ3n) is 6.12. The van der Waals surface area contributed by atoms with Gasteiger partial charge in [-0.3, -0.25) is 4.40 Å². The van der Waals surface area contributed by atoms with Crippen molar-refractivity contribution >= 4 is 26.6 Å². The standard InChI is InChI=1S/C18H23N5O2S/c1-2-12-7-11(10-26(24,25)13-3-4-13)8-14(12)18-22-21-16-9-20-17-15(23(16)18)5-6-19-17/h5-6,9,11-14,19H,2-4,7-8,10H2,1H3/t11-,12+,14-/m1/s1. The molecule has 1 N–H and O–H groups in total. The molecule has 0 saturated heterocycles. The van der Waals surface area contributed by atoms with Gasteiger partial charge in [0.2, 0.25) is 0 Å². The van der Waals surface area contributed by atoms with Crippen molar-refractivity contribution in [3.63, 3.8) is 0 Å². The number of aromatic nitrogens is 5. The number of nitrogens with zero attached hydrogens (tertiary/aromatic N) is 4. The van der Waals surface area contributed by atoms with Gasteiger partial charge in [-0.25, -0.2) is 13.4 Å². The van der Waals surface area contributed by atoms with Crippen LogP contribution in [0, 0.1) is 11.8 Å². The summed E-state index contributed by atoms with van der Waals surface area (Å²) in [4.78, 5) is 7.52. The van der Waals surface area contributed by atoms with E-state index in [2.05, 4.69) is 31.5 Å². The maximum atomic E-state index is 12.4. The van der Waals surface area contributed by atoms with Gasteiger partial charge in [0.1, 0.15) is 5.82 Å². The summed E-state index contributed by atoms with van der Waals surface area (Å²) >= 11 is 0. The Morgan fingerprint density at radius 1 is 1.27 bits per heavy atom. The fraction of sp³-hybridized carbons (Fsp3) is 0.611. The van der Waals surface area contributed by atoms with E-state index in [0.717, 1.165) is 54.7 Å². The highest BCUT2D eigenvalue weighted by molar-refractivity contribution is 7.92. The number of nitrogens with one attached hydrogen (secondary N) is 1. The first kappa shape index (κ1) is 16.2. The Kier molecular flexibility index (Phi) is 3.60. The van der Waals surface area contributed by atoms with Crippen molar-refractivity contribution in [1.82, 2.24) is 24.6 Å². The SMILES string of the molecule is CC[C@H]1C[C@@H](CS(=O)(=O)C2CC2)C[C@H]1c1nnc2cnc3[nH]ccc3n12. The zero-order valence-electron chi connectivity index (χ0n) is 14.8. The fourth-order valence-electron chi connectivity index (χ4n) is 4.67. The zero-order chi connectivity index (χ0) is 17.9. The quantitative estimate of drug-likeness (QED) is 0.742. The Morgan fingerprint density at radius 3 is 2.88 bits per heavy atom. The second-order valence-corrected chi connectivity index (χ2v) is 10.2. The van der Waals surface area contributed by atoms with Gasteiger partial charge < -0.3 is 4.98 Å². The number of aromatic amines is 1. The maximum absolute atomic E-state index is 12.4. The van der Waals surface area contributed by atoms with E-state index in [1.54, 1.807) is 6.20 Å². The molecule has 3 atom stereocenters. The van der Waals surface area contributed by atoms with Crippen LogP contribution in [0.5, 0.6) is 0 Å². The van der Waals surface area contributed by atoms with E-state index in [9.17, 15) is 8.42 Å². The molecule has 0 radical (unpaired) electrons. The average molecular weight is 373 g/mol. The van der Waals surface area contributed by atoms with Crippen molar-refractivity contribution in [3.8, 4) is 0 Å². The normalized spacial score (nSPS) is 26.9. The predicted molar refractivity (Wildman–Crippen MR) is 98.7 cm³/mol. The van der Waals surface area contributed by atoms with Crippen LogP contribution in [0.3, 0.4) is 0 Å². The molecule has 0 aliphatic heterocycles. The topological polar surface area (TPSA) is 93.0 Å². The summed E-state index contributed by atoms with van der Waals surface area (Å²) < 4.78 is 27.0. The summed E-state index contributed by atoms with van der Waals surface area (Å²) in [6, 6.07) is 1.99. The molecule has 0 unspecified atom stereocenters. The van der Waals surface area contributed by atoms with E-state index in [1.807, 2.05) is 12.3 Å². The first-order valence-electron chi connectivity index (χ1n) is 9.45. The summed E-state index contributed by atoms with van der Waals surface area (Å²) in [6.07, 6.45) is 8.17. The average Bonchev–Trinajstić information content (AvgIpc) is 3.06. The third-order valence-corrected chi connectivity index (χ3v) is 8.54. The number of H-pyrrole nitrogens is 1. The van der Waals surface area contributed by atoms with Gasteiger partial charge in [0.05, 0.1) is 22.7 Å². The number of sulfone groups is 1. The van der Waals surface area contributed by atoms with Gasteiger partial charge in [-0.2, -0.15) is 0 Å². The predicted octanol–water partition coefficient (Wildman–Crippen LogP) is 2.70. The molecule has 5 rings (SSSR count). The molecule has 2 aliphatic carbocycles. The van der Waals surface area contributed by atoms with Crippen molar-refractivity contribution in [2.45, 2.75) is 50.2 Å². The zero-order valence-corrected chi connectivity index (χ0v) is 15.6. The molecular weight excluding hydrogens is 350 g/mol. The molecule has 0 amide bonds. The Morgan fingerprint density at radius 2 is 2.12 bits per heavy atom. The van der Waals surface area contributed by atoms with E-state index in [4.69, 9.17) is 0 Å². The molecule has 26 heavy (non-hydrogen) atoms. The minimum Gasteiger partial charge on any atom is -0.345 e. The Hall–Kier alpha value is -1.96. The molecule has 3 heterocycles. The lowest BCUT2D eigenvalue weighted by Gasteiger charge is -2.16. The number of fused-ring (bicyclic) bond motifs is 3. The number of hydrogen-bond acceptors (Lipinski definition) is 5. The van der Waals surface area contributed by atoms with Crippen LogP contribution < -0.4 is 0 Å². The van der Waals surface area contributed by atoms with Gasteiger partial charge >= 0.3 is 0 Å². The van der Waals surface area contributed by atoms with E-state index < -0.39 is 9.84 Å². The smallest absolute Gasteiger partial charge is 0.179 e. The highest BCUT2D eigenvalue weighted by atomic mass is 32.2. The van der Waals surface area contributed by atoms with Crippen molar-refractivity contribution < 1.29 is 8.42 Å². The van der Waals surface area contributed by atoms with Crippen LogP contribution in [0.4, 0.5) is 0 Å². The molecule has 0 spiro atoms. The van der Waals surface area contributed by atoms with Crippen molar-refractivity contribution in [3.05, 3.63) is 24.3 Å². The highest BCUT2D eigenvalue weighted by Gasteiger charge is 2.42. The fourth-order valence-corrected chi connectivity index (χ4v) is 6.73. The minimum absolute atomic E-state index is 0.0684. The summed E-state index contributed by atoms with van der Waals surface area (Å²) in [7, 11) is -2.92. The van der Waals surface area contributed by atoms with E-state index in [-0.39, 0.29) is 17.1 Å². The lowest BCUT2D eigenvalue weighted by Crippen LogP contribution is -2.18. The number of rotatable bonds is 5. The monoisotopic (exact) mass is 373 g/mol. The molecule has 3 aromatic heterocycles. The van der Waals surface area contributed by atoms with Gasteiger partial charge in [0.25, 0.3) is 0 Å². The molecule has 0 aromatic carbocycles. The minimum atomic E-state index is -2.92. The maximum Gasteiger partial charge on any atom is 0.179 e. The van der Waals surface area contributed by atoms with Crippen molar-refractivity contribution in [2.24, 2.45) is 11.8 Å². The number of hydrogen-bond donors (Lipinski definition) is 1. The summed E-state index contributed by atoms with van der Waals surface area (Å²) in [5.74, 6) is 2.21. The molecule has 138 valence electrons. The van der Waals surface area contributed by atoms with Gasteiger partial charge in [-0.05, 0) is 43.6 Å². The van der Waals surface area contributed by atoms with Crippen LogP contribution in [0.25, 0.3) is 16.8 Å². The van der Waals surface area contributed by atoms with Crippen molar-refractivity contribution in [1.29, 1.82) is 0 Å². The van der Waals surface area contributed by atoms with Gasteiger partial charge in [0.15, 0.2) is 21.1 Å². The largest absolute Gasteiger partial charge is 0.345 e. The van der Waals surface area contributed by atoms with Crippen molar-refractivity contribution in [2.75, 3.05) is 5.75 Å². The van der Waals surface area contributed by atoms with Crippen LogP contribution in [0.2, 0.25) is 0 Å². The van der Waals surface area contributed by atoms with Crippen LogP contribution >= 0.6 is 0 Å². The van der Waals surface area contributed by atoms with Crippen LogP contribution in [-0.4, -0.2) is 44.0 Å².